The van der Waals surface area contributed by atoms with Crippen LogP contribution in [0.3, 0.4) is 0 Å². The van der Waals surface area contributed by atoms with Gasteiger partial charge in [-0.2, -0.15) is 0 Å². The van der Waals surface area contributed by atoms with Crippen molar-refractivity contribution in [3.63, 3.8) is 0 Å². The number of carboxylic acids is 1. The van der Waals surface area contributed by atoms with Crippen molar-refractivity contribution in [3.05, 3.63) is 33.8 Å². The summed E-state index contributed by atoms with van der Waals surface area (Å²) in [5.74, 6) is -2.29. The number of aliphatic carboxylic acids is 1. The summed E-state index contributed by atoms with van der Waals surface area (Å²) in [5.41, 5.74) is 0.955. The van der Waals surface area contributed by atoms with E-state index in [-0.39, 0.29) is 5.75 Å². The molecule has 2 rings (SSSR count). The van der Waals surface area contributed by atoms with E-state index < -0.39 is 21.6 Å². The molecule has 1 aromatic carbocycles. The van der Waals surface area contributed by atoms with Crippen LogP contribution < -0.4 is 0 Å². The van der Waals surface area contributed by atoms with Crippen molar-refractivity contribution in [2.24, 2.45) is 0 Å². The number of carboxylic acid groups (broad SMARTS) is 1. The number of benzene rings is 1. The quantitative estimate of drug-likeness (QED) is 0.765. The topological polar surface area (TPSA) is 74.7 Å². The maximum Gasteiger partial charge on any atom is 0.318 e. The molecule has 1 saturated carbocycles. The molecule has 0 radical (unpaired) electrons. The Bertz CT molecular complexity index is 659. The lowest BCUT2D eigenvalue weighted by atomic mass is 10.2. The molecule has 0 heterocycles. The first-order chi connectivity index (χ1) is 10.3. The SMILES string of the molecule is O=C(O)CS(=O)(=O)CCN(Cc1ccc(Cl)c(Cl)c1)C1CC1. The molecule has 5 nitrogen and oxygen atoms in total. The molecule has 0 aromatic heterocycles. The highest BCUT2D eigenvalue weighted by Gasteiger charge is 2.30. The number of carbonyl (C=O) groups is 1. The van der Waals surface area contributed by atoms with Gasteiger partial charge in [-0.1, -0.05) is 29.3 Å². The van der Waals surface area contributed by atoms with E-state index in [1.165, 1.54) is 0 Å². The van der Waals surface area contributed by atoms with E-state index in [1.807, 2.05) is 6.07 Å². The van der Waals surface area contributed by atoms with Crippen LogP contribution in [0.15, 0.2) is 18.2 Å². The van der Waals surface area contributed by atoms with Crippen molar-refractivity contribution in [1.82, 2.24) is 4.90 Å². The van der Waals surface area contributed by atoms with E-state index in [4.69, 9.17) is 28.3 Å². The molecule has 1 fully saturated rings. The first kappa shape index (κ1) is 17.5. The van der Waals surface area contributed by atoms with Crippen LogP contribution in [0.4, 0.5) is 0 Å². The molecule has 8 heteroatoms. The van der Waals surface area contributed by atoms with Gasteiger partial charge in [0.25, 0.3) is 0 Å². The fourth-order valence-corrected chi connectivity index (χ4v) is 3.57. The summed E-state index contributed by atoms with van der Waals surface area (Å²) in [4.78, 5) is 12.6. The van der Waals surface area contributed by atoms with E-state index >= 15 is 0 Å². The van der Waals surface area contributed by atoms with Gasteiger partial charge in [-0.3, -0.25) is 9.69 Å². The molecule has 1 aliphatic carbocycles. The Labute approximate surface area is 139 Å². The highest BCUT2D eigenvalue weighted by molar-refractivity contribution is 7.92. The number of nitrogens with zero attached hydrogens (tertiary/aromatic N) is 1. The monoisotopic (exact) mass is 365 g/mol. The molecule has 0 unspecified atom stereocenters. The smallest absolute Gasteiger partial charge is 0.318 e. The van der Waals surface area contributed by atoms with Gasteiger partial charge in [-0.05, 0) is 30.5 Å². The third kappa shape index (κ3) is 5.43. The predicted molar refractivity (Wildman–Crippen MR) is 86.2 cm³/mol. The molecular formula is C14H17Cl2NO4S. The van der Waals surface area contributed by atoms with Gasteiger partial charge in [-0.15, -0.1) is 0 Å². The van der Waals surface area contributed by atoms with Crippen molar-refractivity contribution in [3.8, 4) is 0 Å². The average molecular weight is 366 g/mol. The molecule has 22 heavy (non-hydrogen) atoms. The van der Waals surface area contributed by atoms with Crippen LogP contribution in [0.1, 0.15) is 18.4 Å². The third-order valence-corrected chi connectivity index (χ3v) is 5.70. The highest BCUT2D eigenvalue weighted by atomic mass is 35.5. The van der Waals surface area contributed by atoms with Crippen LogP contribution in [0.25, 0.3) is 0 Å². The summed E-state index contributed by atoms with van der Waals surface area (Å²) in [6.07, 6.45) is 2.06. The molecular weight excluding hydrogens is 349 g/mol. The second-order valence-electron chi connectivity index (χ2n) is 5.44. The van der Waals surface area contributed by atoms with Crippen molar-refractivity contribution in [1.29, 1.82) is 0 Å². The lowest BCUT2D eigenvalue weighted by molar-refractivity contribution is -0.134. The van der Waals surface area contributed by atoms with Gasteiger partial charge in [0.2, 0.25) is 0 Å². The molecule has 0 saturated heterocycles. The number of hydrogen-bond donors (Lipinski definition) is 1. The molecule has 0 aliphatic heterocycles. The first-order valence-electron chi connectivity index (χ1n) is 6.87. The molecule has 0 bridgehead atoms. The van der Waals surface area contributed by atoms with Gasteiger partial charge < -0.3 is 5.11 Å². The molecule has 0 spiro atoms. The molecule has 1 aliphatic rings. The molecule has 0 atom stereocenters. The molecule has 0 amide bonds. The maximum atomic E-state index is 11.7. The first-order valence-corrected chi connectivity index (χ1v) is 9.45. The Morgan fingerprint density at radius 2 is 1.95 bits per heavy atom. The van der Waals surface area contributed by atoms with Crippen LogP contribution in [-0.4, -0.2) is 48.5 Å². The molecule has 122 valence electrons. The van der Waals surface area contributed by atoms with Crippen LogP contribution in [0.2, 0.25) is 10.0 Å². The largest absolute Gasteiger partial charge is 0.480 e. The van der Waals surface area contributed by atoms with Gasteiger partial charge in [0.05, 0.1) is 15.8 Å². The van der Waals surface area contributed by atoms with Gasteiger partial charge in [0.1, 0.15) is 5.75 Å². The van der Waals surface area contributed by atoms with E-state index in [0.29, 0.717) is 29.2 Å². The summed E-state index contributed by atoms with van der Waals surface area (Å²) >= 11 is 11.9. The van der Waals surface area contributed by atoms with E-state index in [2.05, 4.69) is 4.90 Å². The Morgan fingerprint density at radius 1 is 1.27 bits per heavy atom. The normalized spacial score (nSPS) is 15.2. The maximum absolute atomic E-state index is 11.7. The van der Waals surface area contributed by atoms with Crippen LogP contribution in [0.5, 0.6) is 0 Å². The van der Waals surface area contributed by atoms with Gasteiger partial charge in [0, 0.05) is 19.1 Å². The minimum absolute atomic E-state index is 0.156. The second kappa shape index (κ2) is 7.17. The summed E-state index contributed by atoms with van der Waals surface area (Å²) in [7, 11) is -3.58. The lowest BCUT2D eigenvalue weighted by Gasteiger charge is -2.22. The van der Waals surface area contributed by atoms with Crippen LogP contribution >= 0.6 is 23.2 Å². The number of halogens is 2. The lowest BCUT2D eigenvalue weighted by Crippen LogP contribution is -2.32. The van der Waals surface area contributed by atoms with E-state index in [9.17, 15) is 13.2 Å². The Hall–Kier alpha value is -0.820. The van der Waals surface area contributed by atoms with E-state index in [0.717, 1.165) is 18.4 Å². The van der Waals surface area contributed by atoms with Crippen LogP contribution in [0, 0.1) is 0 Å². The minimum Gasteiger partial charge on any atom is -0.480 e. The minimum atomic E-state index is -3.58. The van der Waals surface area contributed by atoms with Crippen molar-refractivity contribution >= 4 is 39.0 Å². The fraction of sp³-hybridized carbons (Fsp3) is 0.500. The fourth-order valence-electron chi connectivity index (χ4n) is 2.22. The summed E-state index contributed by atoms with van der Waals surface area (Å²) in [5, 5.41) is 9.55. The number of rotatable bonds is 8. The predicted octanol–water partition coefficient (Wildman–Crippen LogP) is 2.46. The standard InChI is InChI=1S/C14H17Cl2NO4S/c15-12-4-1-10(7-13(12)16)8-17(11-2-3-11)5-6-22(20,21)9-14(18)19/h1,4,7,11H,2-3,5-6,8-9H2,(H,18,19). The number of hydrogen-bond acceptors (Lipinski definition) is 4. The van der Waals surface area contributed by atoms with Gasteiger partial charge >= 0.3 is 5.97 Å². The Balaban J connectivity index is 1.98. The van der Waals surface area contributed by atoms with Crippen LogP contribution in [-0.2, 0) is 21.2 Å². The highest BCUT2D eigenvalue weighted by Crippen LogP contribution is 2.29. The molecule has 1 aromatic rings. The third-order valence-electron chi connectivity index (χ3n) is 3.47. The Morgan fingerprint density at radius 3 is 2.50 bits per heavy atom. The van der Waals surface area contributed by atoms with Gasteiger partial charge in [0.15, 0.2) is 9.84 Å². The Kier molecular flexibility index (Phi) is 5.71. The van der Waals surface area contributed by atoms with Gasteiger partial charge in [-0.25, -0.2) is 8.42 Å². The average Bonchev–Trinajstić information content (AvgIpc) is 3.21. The second-order valence-corrected chi connectivity index (χ2v) is 8.43. The zero-order valence-corrected chi connectivity index (χ0v) is 14.2. The number of sulfone groups is 1. The summed E-state index contributed by atoms with van der Waals surface area (Å²) < 4.78 is 23.4. The van der Waals surface area contributed by atoms with Crippen molar-refractivity contribution < 1.29 is 18.3 Å². The molecule has 1 N–H and O–H groups in total. The van der Waals surface area contributed by atoms with E-state index in [1.54, 1.807) is 12.1 Å². The zero-order valence-electron chi connectivity index (χ0n) is 11.8. The summed E-state index contributed by atoms with van der Waals surface area (Å²) in [6.45, 7) is 0.894. The summed E-state index contributed by atoms with van der Waals surface area (Å²) in [6, 6.07) is 5.70. The van der Waals surface area contributed by atoms with Crippen molar-refractivity contribution in [2.75, 3.05) is 18.1 Å². The van der Waals surface area contributed by atoms with Crippen molar-refractivity contribution in [2.45, 2.75) is 25.4 Å². The zero-order chi connectivity index (χ0) is 16.3.